The van der Waals surface area contributed by atoms with Crippen LogP contribution in [0.1, 0.15) is 42.6 Å². The third kappa shape index (κ3) is 4.63. The predicted octanol–water partition coefficient (Wildman–Crippen LogP) is 3.06. The van der Waals surface area contributed by atoms with Gasteiger partial charge in [0.15, 0.2) is 0 Å². The molecule has 2 N–H and O–H groups in total. The molecular weight excluding hydrogens is 240 g/mol. The first-order chi connectivity index (χ1) is 8.85. The van der Waals surface area contributed by atoms with E-state index < -0.39 is 0 Å². The van der Waals surface area contributed by atoms with Crippen molar-refractivity contribution in [2.45, 2.75) is 33.6 Å². The Morgan fingerprint density at radius 2 is 2.16 bits per heavy atom. The second kappa shape index (κ2) is 6.24. The lowest BCUT2D eigenvalue weighted by molar-refractivity contribution is 0.0491. The summed E-state index contributed by atoms with van der Waals surface area (Å²) in [7, 11) is 0. The maximum atomic E-state index is 11.8. The van der Waals surface area contributed by atoms with Crippen molar-refractivity contribution in [3.63, 3.8) is 0 Å². The number of esters is 1. The fourth-order valence-corrected chi connectivity index (χ4v) is 1.59. The summed E-state index contributed by atoms with van der Waals surface area (Å²) >= 11 is 0. The van der Waals surface area contributed by atoms with Gasteiger partial charge >= 0.3 is 5.97 Å². The molecule has 0 spiro atoms. The number of nitrogens with zero attached hydrogens (tertiary/aromatic N) is 1. The number of anilines is 1. The SMILES string of the molecule is Cc1ccc(C(=O)OCCCC(C)(C)C#N)cc1N. The Morgan fingerprint density at radius 3 is 2.74 bits per heavy atom. The summed E-state index contributed by atoms with van der Waals surface area (Å²) in [6.07, 6.45) is 1.38. The highest BCUT2D eigenvalue weighted by Gasteiger charge is 2.16. The van der Waals surface area contributed by atoms with Crippen LogP contribution in [-0.4, -0.2) is 12.6 Å². The number of nitrogens with two attached hydrogens (primary N) is 1. The van der Waals surface area contributed by atoms with Crippen molar-refractivity contribution in [1.82, 2.24) is 0 Å². The lowest BCUT2D eigenvalue weighted by Gasteiger charge is -2.14. The molecule has 102 valence electrons. The highest BCUT2D eigenvalue weighted by molar-refractivity contribution is 5.90. The van der Waals surface area contributed by atoms with Crippen molar-refractivity contribution in [3.8, 4) is 6.07 Å². The molecule has 0 heterocycles. The average Bonchev–Trinajstić information content (AvgIpc) is 2.37. The Morgan fingerprint density at radius 1 is 1.47 bits per heavy atom. The minimum atomic E-state index is -0.374. The molecule has 0 aromatic heterocycles. The largest absolute Gasteiger partial charge is 0.462 e. The van der Waals surface area contributed by atoms with Crippen LogP contribution in [0.5, 0.6) is 0 Å². The number of benzene rings is 1. The molecule has 1 rings (SSSR count). The molecule has 0 aliphatic carbocycles. The van der Waals surface area contributed by atoms with Crippen LogP contribution in [0.2, 0.25) is 0 Å². The molecule has 0 saturated carbocycles. The molecule has 1 aromatic carbocycles. The highest BCUT2D eigenvalue weighted by Crippen LogP contribution is 2.20. The third-order valence-corrected chi connectivity index (χ3v) is 3.00. The molecular formula is C15H20N2O2. The van der Waals surface area contributed by atoms with Gasteiger partial charge in [-0.2, -0.15) is 5.26 Å². The first-order valence-electron chi connectivity index (χ1n) is 6.30. The van der Waals surface area contributed by atoms with Gasteiger partial charge in [-0.05, 0) is 51.3 Å². The first-order valence-corrected chi connectivity index (χ1v) is 6.30. The van der Waals surface area contributed by atoms with Crippen molar-refractivity contribution in [2.24, 2.45) is 5.41 Å². The number of rotatable bonds is 5. The molecule has 0 aliphatic heterocycles. The number of ether oxygens (including phenoxy) is 1. The minimum Gasteiger partial charge on any atom is -0.462 e. The summed E-state index contributed by atoms with van der Waals surface area (Å²) in [5.74, 6) is -0.374. The quantitative estimate of drug-likeness (QED) is 0.501. The normalized spacial score (nSPS) is 10.8. The van der Waals surface area contributed by atoms with Crippen molar-refractivity contribution in [3.05, 3.63) is 29.3 Å². The summed E-state index contributed by atoms with van der Waals surface area (Å²) in [5, 5.41) is 8.87. The van der Waals surface area contributed by atoms with Crippen LogP contribution < -0.4 is 5.73 Å². The van der Waals surface area contributed by atoms with Gasteiger partial charge in [0.25, 0.3) is 0 Å². The molecule has 4 heteroatoms. The number of nitriles is 1. The van der Waals surface area contributed by atoms with Crippen LogP contribution in [-0.2, 0) is 4.74 Å². The molecule has 4 nitrogen and oxygen atoms in total. The number of aryl methyl sites for hydroxylation is 1. The van der Waals surface area contributed by atoms with Gasteiger partial charge in [0.1, 0.15) is 0 Å². The third-order valence-electron chi connectivity index (χ3n) is 3.00. The molecule has 0 bridgehead atoms. The average molecular weight is 260 g/mol. The van der Waals surface area contributed by atoms with Crippen LogP contribution in [0.15, 0.2) is 18.2 Å². The van der Waals surface area contributed by atoms with Gasteiger partial charge in [-0.15, -0.1) is 0 Å². The lowest BCUT2D eigenvalue weighted by Crippen LogP contribution is -2.12. The van der Waals surface area contributed by atoms with E-state index in [2.05, 4.69) is 6.07 Å². The Bertz CT molecular complexity index is 501. The fourth-order valence-electron chi connectivity index (χ4n) is 1.59. The monoisotopic (exact) mass is 260 g/mol. The number of nitrogen functional groups attached to an aromatic ring is 1. The van der Waals surface area contributed by atoms with Gasteiger partial charge in [-0.25, -0.2) is 4.79 Å². The van der Waals surface area contributed by atoms with E-state index in [1.807, 2.05) is 20.8 Å². The lowest BCUT2D eigenvalue weighted by atomic mass is 9.90. The second-order valence-corrected chi connectivity index (χ2v) is 5.31. The van der Waals surface area contributed by atoms with Crippen molar-refractivity contribution in [1.29, 1.82) is 5.26 Å². The molecule has 0 atom stereocenters. The molecule has 0 saturated heterocycles. The Labute approximate surface area is 114 Å². The van der Waals surface area contributed by atoms with Gasteiger partial charge in [0, 0.05) is 5.69 Å². The van der Waals surface area contributed by atoms with Gasteiger partial charge in [0.05, 0.1) is 23.7 Å². The first kappa shape index (κ1) is 15.0. The predicted molar refractivity (Wildman–Crippen MR) is 74.5 cm³/mol. The van der Waals surface area contributed by atoms with Gasteiger partial charge in [-0.3, -0.25) is 0 Å². The van der Waals surface area contributed by atoms with Crippen molar-refractivity contribution in [2.75, 3.05) is 12.3 Å². The summed E-state index contributed by atoms with van der Waals surface area (Å²) in [5.41, 5.74) is 7.35. The zero-order valence-electron chi connectivity index (χ0n) is 11.7. The van der Waals surface area contributed by atoms with Crippen molar-refractivity contribution >= 4 is 11.7 Å². The van der Waals surface area contributed by atoms with Crippen LogP contribution >= 0.6 is 0 Å². The van der Waals surface area contributed by atoms with E-state index in [-0.39, 0.29) is 11.4 Å². The standard InChI is InChI=1S/C15H20N2O2/c1-11-5-6-12(9-13(11)17)14(18)19-8-4-7-15(2,3)10-16/h5-6,9H,4,7-8,17H2,1-3H3. The summed E-state index contributed by atoms with van der Waals surface area (Å²) < 4.78 is 5.16. The zero-order chi connectivity index (χ0) is 14.5. The Hall–Kier alpha value is -2.02. The molecule has 0 unspecified atom stereocenters. The van der Waals surface area contributed by atoms with Crippen LogP contribution in [0.25, 0.3) is 0 Å². The van der Waals surface area contributed by atoms with Gasteiger partial charge in [-0.1, -0.05) is 6.07 Å². The second-order valence-electron chi connectivity index (χ2n) is 5.31. The summed E-state index contributed by atoms with van der Waals surface area (Å²) in [6, 6.07) is 7.34. The minimum absolute atomic E-state index is 0.317. The topological polar surface area (TPSA) is 76.1 Å². The van der Waals surface area contributed by atoms with E-state index in [1.54, 1.807) is 18.2 Å². The van der Waals surface area contributed by atoms with Gasteiger partial charge < -0.3 is 10.5 Å². The summed E-state index contributed by atoms with van der Waals surface area (Å²) in [6.45, 7) is 5.94. The van der Waals surface area contributed by atoms with E-state index >= 15 is 0 Å². The number of hydrogen-bond donors (Lipinski definition) is 1. The molecule has 1 aromatic rings. The zero-order valence-corrected chi connectivity index (χ0v) is 11.7. The maximum Gasteiger partial charge on any atom is 0.338 e. The molecule has 0 fully saturated rings. The van der Waals surface area contributed by atoms with E-state index in [4.69, 9.17) is 15.7 Å². The highest BCUT2D eigenvalue weighted by atomic mass is 16.5. The van der Waals surface area contributed by atoms with E-state index in [0.717, 1.165) is 5.56 Å². The molecule has 0 radical (unpaired) electrons. The van der Waals surface area contributed by atoms with E-state index in [9.17, 15) is 4.79 Å². The molecule has 0 amide bonds. The van der Waals surface area contributed by atoms with Crippen molar-refractivity contribution < 1.29 is 9.53 Å². The van der Waals surface area contributed by atoms with Crippen LogP contribution in [0.3, 0.4) is 0 Å². The molecule has 0 aliphatic rings. The number of carbonyl (C=O) groups is 1. The molecule has 19 heavy (non-hydrogen) atoms. The fraction of sp³-hybridized carbons (Fsp3) is 0.467. The van der Waals surface area contributed by atoms with E-state index in [0.29, 0.717) is 30.7 Å². The number of carbonyl (C=O) groups excluding carboxylic acids is 1. The van der Waals surface area contributed by atoms with Crippen LogP contribution in [0.4, 0.5) is 5.69 Å². The smallest absolute Gasteiger partial charge is 0.338 e. The van der Waals surface area contributed by atoms with E-state index in [1.165, 1.54) is 0 Å². The Kier molecular flexibility index (Phi) is 4.94. The Balaban J connectivity index is 2.44. The van der Waals surface area contributed by atoms with Crippen LogP contribution in [0, 0.1) is 23.7 Å². The van der Waals surface area contributed by atoms with Gasteiger partial charge in [0.2, 0.25) is 0 Å². The summed E-state index contributed by atoms with van der Waals surface area (Å²) in [4.78, 5) is 11.8. The number of hydrogen-bond acceptors (Lipinski definition) is 4. The maximum absolute atomic E-state index is 11.8.